The second kappa shape index (κ2) is 10.8. The average molecular weight is 465 g/mol. The molecule has 0 bridgehead atoms. The maximum Gasteiger partial charge on any atom is 0.161 e. The van der Waals surface area contributed by atoms with E-state index in [0.717, 1.165) is 84.8 Å². The van der Waals surface area contributed by atoms with Crippen molar-refractivity contribution in [3.8, 4) is 11.5 Å². The van der Waals surface area contributed by atoms with Gasteiger partial charge in [0, 0.05) is 11.9 Å². The van der Waals surface area contributed by atoms with Gasteiger partial charge in [0.2, 0.25) is 0 Å². The number of ether oxygens (including phenoxy) is 2. The first-order valence-electron chi connectivity index (χ1n) is 13.1. The Hall–Kier alpha value is -2.56. The highest BCUT2D eigenvalue weighted by Crippen LogP contribution is 2.40. The first-order chi connectivity index (χ1) is 16.7. The van der Waals surface area contributed by atoms with Gasteiger partial charge in [0.05, 0.1) is 36.9 Å². The van der Waals surface area contributed by atoms with Gasteiger partial charge in [-0.25, -0.2) is 4.39 Å². The first kappa shape index (κ1) is 23.2. The third-order valence-corrected chi connectivity index (χ3v) is 7.89. The van der Waals surface area contributed by atoms with E-state index in [-0.39, 0.29) is 5.83 Å². The molecule has 2 aliphatic carbocycles. The Morgan fingerprint density at radius 1 is 1.18 bits per heavy atom. The number of hydrogen-bond acceptors (Lipinski definition) is 4. The molecule has 1 aromatic heterocycles. The predicted octanol–water partition coefficient (Wildman–Crippen LogP) is 7.53. The third kappa shape index (κ3) is 5.24. The molecule has 3 aliphatic rings. The highest BCUT2D eigenvalue weighted by molar-refractivity contribution is 5.96. The highest BCUT2D eigenvalue weighted by atomic mass is 19.1. The second-order valence-electron chi connectivity index (χ2n) is 10.0. The van der Waals surface area contributed by atoms with Crippen LogP contribution in [0.15, 0.2) is 47.4 Å². The number of pyridine rings is 1. The van der Waals surface area contributed by atoms with Crippen molar-refractivity contribution in [3.63, 3.8) is 0 Å². The van der Waals surface area contributed by atoms with Crippen LogP contribution >= 0.6 is 0 Å². The van der Waals surface area contributed by atoms with E-state index in [0.29, 0.717) is 13.0 Å². The molecule has 0 N–H and O–H groups in total. The van der Waals surface area contributed by atoms with Crippen LogP contribution < -0.4 is 14.4 Å². The van der Waals surface area contributed by atoms with Crippen LogP contribution in [0, 0.1) is 5.92 Å². The molecule has 2 heterocycles. The molecule has 0 amide bonds. The Labute approximate surface area is 202 Å². The minimum Gasteiger partial charge on any atom is -0.497 e. The largest absolute Gasteiger partial charge is 0.497 e. The Morgan fingerprint density at radius 3 is 2.85 bits per heavy atom. The summed E-state index contributed by atoms with van der Waals surface area (Å²) < 4.78 is 25.4. The van der Waals surface area contributed by atoms with Crippen molar-refractivity contribution in [3.05, 3.63) is 47.4 Å². The second-order valence-corrected chi connectivity index (χ2v) is 10.0. The predicted molar refractivity (Wildman–Crippen MR) is 136 cm³/mol. The molecule has 34 heavy (non-hydrogen) atoms. The highest BCUT2D eigenvalue weighted by Gasteiger charge is 2.24. The number of anilines is 1. The van der Waals surface area contributed by atoms with Gasteiger partial charge < -0.3 is 14.4 Å². The van der Waals surface area contributed by atoms with Crippen molar-refractivity contribution < 1.29 is 13.9 Å². The van der Waals surface area contributed by atoms with E-state index in [1.807, 2.05) is 18.3 Å². The average Bonchev–Trinajstić information content (AvgIpc) is 2.88. The molecule has 1 aromatic carbocycles. The topological polar surface area (TPSA) is 34.6 Å². The van der Waals surface area contributed by atoms with Gasteiger partial charge in [0.15, 0.2) is 5.75 Å². The molecule has 5 heteroatoms. The minimum absolute atomic E-state index is 0.181. The van der Waals surface area contributed by atoms with E-state index in [1.165, 1.54) is 32.1 Å². The lowest BCUT2D eigenvalue weighted by molar-refractivity contribution is 0.301. The lowest BCUT2D eigenvalue weighted by Crippen LogP contribution is -2.34. The van der Waals surface area contributed by atoms with Crippen molar-refractivity contribution in [1.82, 2.24) is 4.98 Å². The molecule has 1 aliphatic heterocycles. The normalized spacial score (nSPS) is 20.8. The number of halogens is 1. The zero-order valence-electron chi connectivity index (χ0n) is 20.5. The number of hydrogen-bond donors (Lipinski definition) is 0. The summed E-state index contributed by atoms with van der Waals surface area (Å²) in [7, 11) is 1.70. The summed E-state index contributed by atoms with van der Waals surface area (Å²) in [6.45, 7) is 2.66. The van der Waals surface area contributed by atoms with E-state index in [4.69, 9.17) is 9.47 Å². The van der Waals surface area contributed by atoms with Crippen LogP contribution in [0.1, 0.15) is 70.6 Å². The zero-order valence-corrected chi connectivity index (χ0v) is 20.5. The molecule has 0 radical (unpaired) electrons. The molecule has 1 saturated carbocycles. The number of fused-ring (bicyclic) bond motifs is 3. The molecular formula is C29H37FN2O2. The summed E-state index contributed by atoms with van der Waals surface area (Å²) in [5.74, 6) is 2.68. The van der Waals surface area contributed by atoms with Crippen LogP contribution in [-0.4, -0.2) is 31.8 Å². The molecule has 0 saturated heterocycles. The summed E-state index contributed by atoms with van der Waals surface area (Å²) in [6.07, 6.45) is 16.2. The SMILES string of the molecule is COc1ccc2ncc3c(c2c1)N(CCC1CCC(=CCCC2=C(F)CCCC2)CC1)CCO3. The smallest absolute Gasteiger partial charge is 0.161 e. The van der Waals surface area contributed by atoms with E-state index in [9.17, 15) is 4.39 Å². The number of allylic oxidation sites excluding steroid dienone is 4. The summed E-state index contributed by atoms with van der Waals surface area (Å²) >= 11 is 0. The van der Waals surface area contributed by atoms with Gasteiger partial charge in [-0.15, -0.1) is 0 Å². The van der Waals surface area contributed by atoms with Crippen molar-refractivity contribution in [2.24, 2.45) is 5.92 Å². The molecule has 0 spiro atoms. The third-order valence-electron chi connectivity index (χ3n) is 7.89. The Morgan fingerprint density at radius 2 is 2.03 bits per heavy atom. The zero-order chi connectivity index (χ0) is 23.3. The molecule has 0 atom stereocenters. The molecular weight excluding hydrogens is 427 g/mol. The van der Waals surface area contributed by atoms with Gasteiger partial charge in [-0.05, 0) is 100 Å². The Kier molecular flexibility index (Phi) is 7.36. The fraction of sp³-hybridized carbons (Fsp3) is 0.552. The van der Waals surface area contributed by atoms with Gasteiger partial charge in [0.25, 0.3) is 0 Å². The fourth-order valence-corrected chi connectivity index (χ4v) is 5.82. The van der Waals surface area contributed by atoms with Gasteiger partial charge in [-0.2, -0.15) is 0 Å². The summed E-state index contributed by atoms with van der Waals surface area (Å²) in [6, 6.07) is 6.07. The number of aromatic nitrogens is 1. The van der Waals surface area contributed by atoms with Crippen LogP contribution in [0.2, 0.25) is 0 Å². The lowest BCUT2D eigenvalue weighted by Gasteiger charge is -2.34. The molecule has 2 aromatic rings. The van der Waals surface area contributed by atoms with E-state index in [1.54, 1.807) is 12.7 Å². The molecule has 0 unspecified atom stereocenters. The summed E-state index contributed by atoms with van der Waals surface area (Å²) in [4.78, 5) is 7.07. The summed E-state index contributed by atoms with van der Waals surface area (Å²) in [5.41, 5.74) is 4.82. The van der Waals surface area contributed by atoms with Gasteiger partial charge in [-0.1, -0.05) is 11.6 Å². The van der Waals surface area contributed by atoms with Crippen LogP contribution in [-0.2, 0) is 0 Å². The monoisotopic (exact) mass is 464 g/mol. The molecule has 4 nitrogen and oxygen atoms in total. The molecule has 182 valence electrons. The van der Waals surface area contributed by atoms with Gasteiger partial charge >= 0.3 is 0 Å². The van der Waals surface area contributed by atoms with Crippen molar-refractivity contribution in [2.75, 3.05) is 31.7 Å². The maximum atomic E-state index is 14.0. The lowest BCUT2D eigenvalue weighted by atomic mass is 9.83. The Balaban J connectivity index is 1.16. The Bertz CT molecular complexity index is 1060. The van der Waals surface area contributed by atoms with E-state index in [2.05, 4.69) is 22.0 Å². The number of methoxy groups -OCH3 is 1. The van der Waals surface area contributed by atoms with Crippen molar-refractivity contribution in [2.45, 2.75) is 70.6 Å². The minimum atomic E-state index is 0.181. The fourth-order valence-electron chi connectivity index (χ4n) is 5.82. The van der Waals surface area contributed by atoms with Crippen LogP contribution in [0.3, 0.4) is 0 Å². The van der Waals surface area contributed by atoms with Crippen LogP contribution in [0.4, 0.5) is 10.1 Å². The standard InChI is InChI=1S/C29H37FN2O2/c1-33-24-13-14-27-25(19-24)29-28(20-31-27)34-18-17-32(29)16-15-22-11-9-21(10-12-22)5-4-7-23-6-2-3-8-26(23)30/h5,13-14,19-20,22H,2-4,6-12,15-18H2,1H3. The first-order valence-corrected chi connectivity index (χ1v) is 13.1. The maximum absolute atomic E-state index is 14.0. The van der Waals surface area contributed by atoms with Gasteiger partial charge in [0.1, 0.15) is 12.4 Å². The van der Waals surface area contributed by atoms with Crippen LogP contribution in [0.5, 0.6) is 11.5 Å². The van der Waals surface area contributed by atoms with E-state index >= 15 is 0 Å². The van der Waals surface area contributed by atoms with E-state index < -0.39 is 0 Å². The molecule has 1 fully saturated rings. The quantitative estimate of drug-likeness (QED) is 0.397. The number of rotatable bonds is 7. The van der Waals surface area contributed by atoms with Crippen molar-refractivity contribution >= 4 is 16.6 Å². The van der Waals surface area contributed by atoms with Crippen LogP contribution in [0.25, 0.3) is 10.9 Å². The number of nitrogens with zero attached hydrogens (tertiary/aromatic N) is 2. The number of benzene rings is 1. The van der Waals surface area contributed by atoms with Gasteiger partial charge in [-0.3, -0.25) is 4.98 Å². The van der Waals surface area contributed by atoms with Crippen molar-refractivity contribution in [1.29, 1.82) is 0 Å². The summed E-state index contributed by atoms with van der Waals surface area (Å²) in [5, 5.41) is 1.11. The molecule has 5 rings (SSSR count).